The summed E-state index contributed by atoms with van der Waals surface area (Å²) in [5.41, 5.74) is 3.06. The van der Waals surface area contributed by atoms with E-state index in [1.807, 2.05) is 42.5 Å². The van der Waals surface area contributed by atoms with Crippen molar-refractivity contribution in [2.24, 2.45) is 0 Å². The molecule has 2 aromatic rings. The Hall–Kier alpha value is -2.75. The first-order valence-electron chi connectivity index (χ1n) is 6.60. The standard InChI is InChI=1S/C17H14O4/c18-17(19)8-6-13-3-1-2-4-14(13)9-12-5-7-15-16(10-12)21-11-20-15/h1-8,10H,9,11H2,(H,18,19)/b8-6-. The summed E-state index contributed by atoms with van der Waals surface area (Å²) in [7, 11) is 0. The van der Waals surface area contributed by atoms with E-state index in [1.54, 1.807) is 6.08 Å². The van der Waals surface area contributed by atoms with Gasteiger partial charge in [-0.2, -0.15) is 0 Å². The molecule has 1 aliphatic heterocycles. The van der Waals surface area contributed by atoms with Crippen molar-refractivity contribution in [3.8, 4) is 11.5 Å². The highest BCUT2D eigenvalue weighted by molar-refractivity contribution is 5.85. The van der Waals surface area contributed by atoms with Gasteiger partial charge in [-0.1, -0.05) is 30.3 Å². The number of ether oxygens (including phenoxy) is 2. The van der Waals surface area contributed by atoms with Crippen molar-refractivity contribution in [1.29, 1.82) is 0 Å². The number of carbonyl (C=O) groups is 1. The highest BCUT2D eigenvalue weighted by Gasteiger charge is 2.13. The van der Waals surface area contributed by atoms with Crippen LogP contribution in [0.25, 0.3) is 6.08 Å². The van der Waals surface area contributed by atoms with Gasteiger partial charge in [0.1, 0.15) is 0 Å². The molecule has 1 heterocycles. The number of carboxylic acid groups (broad SMARTS) is 1. The summed E-state index contributed by atoms with van der Waals surface area (Å²) in [5, 5.41) is 8.74. The lowest BCUT2D eigenvalue weighted by Gasteiger charge is -2.07. The highest BCUT2D eigenvalue weighted by atomic mass is 16.7. The number of aliphatic carboxylic acids is 1. The Morgan fingerprint density at radius 1 is 1.14 bits per heavy atom. The van der Waals surface area contributed by atoms with Crippen LogP contribution in [0.15, 0.2) is 48.5 Å². The van der Waals surface area contributed by atoms with E-state index in [0.29, 0.717) is 6.42 Å². The minimum atomic E-state index is -0.951. The van der Waals surface area contributed by atoms with Crippen LogP contribution in [-0.2, 0) is 11.2 Å². The van der Waals surface area contributed by atoms with Crippen LogP contribution in [0.3, 0.4) is 0 Å². The van der Waals surface area contributed by atoms with Gasteiger partial charge in [0.25, 0.3) is 0 Å². The molecule has 0 spiro atoms. The molecule has 106 valence electrons. The topological polar surface area (TPSA) is 55.8 Å². The van der Waals surface area contributed by atoms with E-state index in [-0.39, 0.29) is 6.79 Å². The van der Waals surface area contributed by atoms with Crippen LogP contribution < -0.4 is 9.47 Å². The molecule has 0 aliphatic carbocycles. The van der Waals surface area contributed by atoms with Gasteiger partial charge in [0.2, 0.25) is 6.79 Å². The van der Waals surface area contributed by atoms with Crippen LogP contribution in [0, 0.1) is 0 Å². The lowest BCUT2D eigenvalue weighted by molar-refractivity contribution is -0.131. The molecule has 0 aromatic heterocycles. The summed E-state index contributed by atoms with van der Waals surface area (Å²) in [5.74, 6) is 0.566. The molecule has 0 atom stereocenters. The predicted octanol–water partition coefficient (Wildman–Crippen LogP) is 3.10. The maximum atomic E-state index is 10.7. The fourth-order valence-electron chi connectivity index (χ4n) is 2.29. The second-order valence-electron chi connectivity index (χ2n) is 4.73. The van der Waals surface area contributed by atoms with Gasteiger partial charge in [-0.15, -0.1) is 0 Å². The van der Waals surface area contributed by atoms with E-state index in [4.69, 9.17) is 14.6 Å². The van der Waals surface area contributed by atoms with E-state index < -0.39 is 5.97 Å². The lowest BCUT2D eigenvalue weighted by atomic mass is 9.99. The van der Waals surface area contributed by atoms with E-state index in [9.17, 15) is 4.79 Å². The first kappa shape index (κ1) is 13.2. The maximum absolute atomic E-state index is 10.7. The fourth-order valence-corrected chi connectivity index (χ4v) is 2.29. The molecular weight excluding hydrogens is 268 g/mol. The third kappa shape index (κ3) is 3.05. The Kier molecular flexibility index (Phi) is 3.60. The zero-order valence-corrected chi connectivity index (χ0v) is 11.3. The molecule has 4 nitrogen and oxygen atoms in total. The van der Waals surface area contributed by atoms with Crippen molar-refractivity contribution in [1.82, 2.24) is 0 Å². The van der Waals surface area contributed by atoms with Crippen molar-refractivity contribution in [2.75, 3.05) is 6.79 Å². The molecule has 2 aromatic carbocycles. The number of fused-ring (bicyclic) bond motifs is 1. The predicted molar refractivity (Wildman–Crippen MR) is 78.5 cm³/mol. The zero-order chi connectivity index (χ0) is 14.7. The van der Waals surface area contributed by atoms with E-state index in [2.05, 4.69) is 0 Å². The summed E-state index contributed by atoms with van der Waals surface area (Å²) in [6, 6.07) is 13.6. The molecule has 0 fully saturated rings. The minimum absolute atomic E-state index is 0.261. The third-order valence-corrected chi connectivity index (χ3v) is 3.29. The van der Waals surface area contributed by atoms with Crippen LogP contribution in [-0.4, -0.2) is 17.9 Å². The summed E-state index contributed by atoms with van der Waals surface area (Å²) in [4.78, 5) is 10.7. The van der Waals surface area contributed by atoms with Gasteiger partial charge in [0, 0.05) is 6.08 Å². The maximum Gasteiger partial charge on any atom is 0.328 e. The van der Waals surface area contributed by atoms with E-state index >= 15 is 0 Å². The Bertz CT molecular complexity index is 704. The van der Waals surface area contributed by atoms with Gasteiger partial charge >= 0.3 is 5.97 Å². The SMILES string of the molecule is O=C(O)/C=C\c1ccccc1Cc1ccc2c(c1)OCO2. The molecule has 21 heavy (non-hydrogen) atoms. The molecule has 0 bridgehead atoms. The Labute approximate surface area is 122 Å². The highest BCUT2D eigenvalue weighted by Crippen LogP contribution is 2.33. The van der Waals surface area contributed by atoms with Crippen molar-refractivity contribution in [3.05, 3.63) is 65.2 Å². The number of hydrogen-bond acceptors (Lipinski definition) is 3. The largest absolute Gasteiger partial charge is 0.478 e. The molecule has 0 radical (unpaired) electrons. The minimum Gasteiger partial charge on any atom is -0.478 e. The molecular formula is C17H14O4. The Balaban J connectivity index is 1.86. The van der Waals surface area contributed by atoms with Crippen LogP contribution in [0.5, 0.6) is 11.5 Å². The number of hydrogen-bond donors (Lipinski definition) is 1. The van der Waals surface area contributed by atoms with E-state index in [0.717, 1.165) is 34.3 Å². The third-order valence-electron chi connectivity index (χ3n) is 3.29. The van der Waals surface area contributed by atoms with Crippen molar-refractivity contribution >= 4 is 12.0 Å². The molecule has 0 amide bonds. The van der Waals surface area contributed by atoms with Crippen LogP contribution in [0.4, 0.5) is 0 Å². The first-order chi connectivity index (χ1) is 10.2. The van der Waals surface area contributed by atoms with Gasteiger partial charge < -0.3 is 14.6 Å². The quantitative estimate of drug-likeness (QED) is 0.875. The summed E-state index contributed by atoms with van der Waals surface area (Å²) < 4.78 is 10.7. The molecule has 4 heteroatoms. The monoisotopic (exact) mass is 282 g/mol. The fraction of sp³-hybridized carbons (Fsp3) is 0.118. The number of carboxylic acids is 1. The van der Waals surface area contributed by atoms with E-state index in [1.165, 1.54) is 0 Å². The summed E-state index contributed by atoms with van der Waals surface area (Å²) in [6.45, 7) is 0.261. The van der Waals surface area contributed by atoms with Gasteiger partial charge in [0.05, 0.1) is 0 Å². The lowest BCUT2D eigenvalue weighted by Crippen LogP contribution is -1.93. The van der Waals surface area contributed by atoms with Gasteiger partial charge in [0.15, 0.2) is 11.5 Å². The number of benzene rings is 2. The number of rotatable bonds is 4. The summed E-state index contributed by atoms with van der Waals surface area (Å²) >= 11 is 0. The average molecular weight is 282 g/mol. The second kappa shape index (κ2) is 5.71. The van der Waals surface area contributed by atoms with Crippen LogP contribution >= 0.6 is 0 Å². The Morgan fingerprint density at radius 3 is 2.81 bits per heavy atom. The molecule has 1 N–H and O–H groups in total. The normalized spacial score (nSPS) is 12.8. The Morgan fingerprint density at radius 2 is 1.95 bits per heavy atom. The van der Waals surface area contributed by atoms with Crippen LogP contribution in [0.1, 0.15) is 16.7 Å². The molecule has 1 aliphatic rings. The van der Waals surface area contributed by atoms with Crippen LogP contribution in [0.2, 0.25) is 0 Å². The smallest absolute Gasteiger partial charge is 0.328 e. The average Bonchev–Trinajstić information content (AvgIpc) is 2.94. The molecule has 3 rings (SSSR count). The first-order valence-corrected chi connectivity index (χ1v) is 6.60. The van der Waals surface area contributed by atoms with Crippen molar-refractivity contribution < 1.29 is 19.4 Å². The van der Waals surface area contributed by atoms with Gasteiger partial charge in [-0.05, 0) is 41.3 Å². The summed E-state index contributed by atoms with van der Waals surface area (Å²) in [6.07, 6.45) is 3.47. The van der Waals surface area contributed by atoms with Crippen molar-refractivity contribution in [2.45, 2.75) is 6.42 Å². The molecule has 0 unspecified atom stereocenters. The van der Waals surface area contributed by atoms with Crippen molar-refractivity contribution in [3.63, 3.8) is 0 Å². The van der Waals surface area contributed by atoms with Gasteiger partial charge in [-0.3, -0.25) is 0 Å². The molecule has 0 saturated carbocycles. The second-order valence-corrected chi connectivity index (χ2v) is 4.73. The zero-order valence-electron chi connectivity index (χ0n) is 11.3. The molecule has 0 saturated heterocycles. The van der Waals surface area contributed by atoms with Gasteiger partial charge in [-0.25, -0.2) is 4.79 Å².